The third kappa shape index (κ3) is 3.94. The number of aliphatic imine (C=N–C) groups is 2. The van der Waals surface area contributed by atoms with E-state index in [0.717, 1.165) is 6.07 Å². The Kier molecular flexibility index (Phi) is 5.94. The molecule has 0 unspecified atom stereocenters. The van der Waals surface area contributed by atoms with Crippen LogP contribution in [0.5, 0.6) is 0 Å². The van der Waals surface area contributed by atoms with E-state index in [-0.39, 0.29) is 5.56 Å². The minimum Gasteiger partial charge on any atom is -0.246 e. The van der Waals surface area contributed by atoms with Crippen molar-refractivity contribution in [3.63, 3.8) is 0 Å². The van der Waals surface area contributed by atoms with Crippen LogP contribution in [0.4, 0.5) is 72.8 Å². The maximum atomic E-state index is 14.6. The van der Waals surface area contributed by atoms with Crippen molar-refractivity contribution in [2.45, 2.75) is 37.0 Å². The summed E-state index contributed by atoms with van der Waals surface area (Å²) in [6.07, 6.45) is -21.3. The number of halogens is 14. The van der Waals surface area contributed by atoms with E-state index in [1.54, 1.807) is 0 Å². The van der Waals surface area contributed by atoms with Crippen LogP contribution >= 0.6 is 0 Å². The molecule has 0 N–H and O–H groups in total. The second-order valence-electron chi connectivity index (χ2n) is 6.27. The van der Waals surface area contributed by atoms with E-state index >= 15 is 0 Å². The van der Waals surface area contributed by atoms with Gasteiger partial charge >= 0.3 is 30.1 Å². The highest BCUT2D eigenvalue weighted by atomic mass is 19.4. The van der Waals surface area contributed by atoms with Gasteiger partial charge < -0.3 is 0 Å². The van der Waals surface area contributed by atoms with Crippen molar-refractivity contribution >= 4 is 23.1 Å². The van der Waals surface area contributed by atoms with Gasteiger partial charge in [-0.3, -0.25) is 0 Å². The van der Waals surface area contributed by atoms with Crippen molar-refractivity contribution in [1.29, 1.82) is 0 Å². The highest BCUT2D eigenvalue weighted by Gasteiger charge is 2.77. The van der Waals surface area contributed by atoms with Crippen LogP contribution < -0.4 is 0 Å². The zero-order valence-electron chi connectivity index (χ0n) is 14.9. The van der Waals surface area contributed by atoms with Gasteiger partial charge in [0.25, 0.3) is 0 Å². The van der Waals surface area contributed by atoms with E-state index in [1.807, 2.05) is 0 Å². The van der Waals surface area contributed by atoms with Crippen LogP contribution in [0.2, 0.25) is 0 Å². The highest BCUT2D eigenvalue weighted by molar-refractivity contribution is 6.27. The van der Waals surface area contributed by atoms with E-state index in [4.69, 9.17) is 0 Å². The lowest BCUT2D eigenvalue weighted by atomic mass is 9.90. The molecule has 1 aliphatic rings. The summed E-state index contributed by atoms with van der Waals surface area (Å²) < 4.78 is 187. The molecule has 1 aliphatic heterocycles. The minimum atomic E-state index is -7.15. The fraction of sp³-hybridized carbons (Fsp3) is 0.375. The molecule has 0 amide bonds. The van der Waals surface area contributed by atoms with E-state index in [9.17, 15) is 61.5 Å². The molecule has 0 radical (unpaired) electrons. The summed E-state index contributed by atoms with van der Waals surface area (Å²) in [6.45, 7) is 1.23. The van der Waals surface area contributed by atoms with Crippen LogP contribution in [0.3, 0.4) is 0 Å². The van der Waals surface area contributed by atoms with Crippen molar-refractivity contribution < 1.29 is 61.5 Å². The van der Waals surface area contributed by atoms with Gasteiger partial charge in [0.15, 0.2) is 5.83 Å². The standard InChI is InChI=1S/C16H6F14N2/c1-5-2-3-6-7(4-5)32-11(18)8(9(17)13(20,21)16(28,29)30)10(31-6)12(19,14(22,23)24)15(25,26)27/h2-4H,1H3/b9-8+. The van der Waals surface area contributed by atoms with Crippen LogP contribution in [0.1, 0.15) is 5.56 Å². The first-order chi connectivity index (χ1) is 14.2. The Bertz CT molecular complexity index is 993. The van der Waals surface area contributed by atoms with Gasteiger partial charge in [0, 0.05) is 0 Å². The van der Waals surface area contributed by atoms with Gasteiger partial charge in [-0.15, -0.1) is 0 Å². The number of hydrogen-bond acceptors (Lipinski definition) is 2. The number of nitrogens with zero attached hydrogens (tertiary/aromatic N) is 2. The van der Waals surface area contributed by atoms with Gasteiger partial charge in [-0.1, -0.05) is 6.07 Å². The van der Waals surface area contributed by atoms with Crippen LogP contribution in [0, 0.1) is 6.92 Å². The molecule has 2 rings (SSSR count). The predicted molar refractivity (Wildman–Crippen MR) is 81.6 cm³/mol. The van der Waals surface area contributed by atoms with Crippen molar-refractivity contribution in [2.75, 3.05) is 0 Å². The summed E-state index contributed by atoms with van der Waals surface area (Å²) in [5.41, 5.74) is -15.8. The molecular weight excluding hydrogens is 486 g/mol. The van der Waals surface area contributed by atoms with Gasteiger partial charge in [-0.2, -0.15) is 52.7 Å². The Morgan fingerprint density at radius 3 is 1.66 bits per heavy atom. The molecule has 0 saturated heterocycles. The SMILES string of the molecule is Cc1ccc2c(c1)N=C(F)/C(=C(/F)C(F)(F)C(F)(F)F)C(C(F)(C(F)(F)F)C(F)(F)F)=N2. The summed E-state index contributed by atoms with van der Waals surface area (Å²) in [7, 11) is 0. The van der Waals surface area contributed by atoms with E-state index in [0.29, 0.717) is 12.1 Å². The van der Waals surface area contributed by atoms with Crippen LogP contribution in [-0.2, 0) is 0 Å². The predicted octanol–water partition coefficient (Wildman–Crippen LogP) is 7.33. The topological polar surface area (TPSA) is 24.7 Å². The third-order valence-corrected chi connectivity index (χ3v) is 3.98. The number of fused-ring (bicyclic) bond motifs is 1. The van der Waals surface area contributed by atoms with E-state index in [1.165, 1.54) is 6.92 Å². The van der Waals surface area contributed by atoms with Gasteiger partial charge in [0.05, 0.1) is 16.9 Å². The zero-order chi connectivity index (χ0) is 25.1. The normalized spacial score (nSPS) is 18.0. The first-order valence-corrected chi connectivity index (χ1v) is 7.78. The number of allylic oxidation sites excluding steroid dienone is 2. The molecule has 0 aliphatic carbocycles. The van der Waals surface area contributed by atoms with Gasteiger partial charge in [-0.25, -0.2) is 18.8 Å². The van der Waals surface area contributed by atoms with Crippen molar-refractivity contribution in [3.05, 3.63) is 35.2 Å². The summed E-state index contributed by atoms with van der Waals surface area (Å²) in [5.74, 6) is -14.1. The lowest BCUT2D eigenvalue weighted by molar-refractivity contribution is -0.312. The van der Waals surface area contributed by atoms with Gasteiger partial charge in [-0.05, 0) is 24.6 Å². The molecule has 0 atom stereocenters. The molecule has 0 spiro atoms. The molecular formula is C16H6F14N2. The lowest BCUT2D eigenvalue weighted by Gasteiger charge is -2.32. The molecule has 1 aromatic rings. The average Bonchev–Trinajstić information content (AvgIpc) is 2.72. The number of aryl methyl sites for hydroxylation is 1. The summed E-state index contributed by atoms with van der Waals surface area (Å²) in [6, 6.07) is 2.17. The fourth-order valence-electron chi connectivity index (χ4n) is 2.41. The number of alkyl halides is 12. The smallest absolute Gasteiger partial charge is 0.246 e. The number of rotatable bonds is 2. The molecule has 0 aromatic heterocycles. The molecule has 0 fully saturated rings. The first-order valence-electron chi connectivity index (χ1n) is 7.78. The number of benzene rings is 1. The summed E-state index contributed by atoms with van der Waals surface area (Å²) >= 11 is 0. The second-order valence-corrected chi connectivity index (χ2v) is 6.27. The minimum absolute atomic E-state index is 0.0868. The second kappa shape index (κ2) is 7.43. The zero-order valence-corrected chi connectivity index (χ0v) is 14.9. The maximum Gasteiger partial charge on any atom is 0.460 e. The molecule has 16 heteroatoms. The Morgan fingerprint density at radius 1 is 0.719 bits per heavy atom. The Hall–Kier alpha value is -2.68. The number of hydrogen-bond donors (Lipinski definition) is 0. The largest absolute Gasteiger partial charge is 0.460 e. The molecule has 2 nitrogen and oxygen atoms in total. The summed E-state index contributed by atoms with van der Waals surface area (Å²) in [5, 5.41) is 0. The van der Waals surface area contributed by atoms with Crippen molar-refractivity contribution in [2.24, 2.45) is 9.98 Å². The average molecular weight is 492 g/mol. The Labute approximate surface area is 167 Å². The maximum absolute atomic E-state index is 14.6. The molecule has 1 aromatic carbocycles. The third-order valence-electron chi connectivity index (χ3n) is 3.98. The van der Waals surface area contributed by atoms with Crippen LogP contribution in [-0.4, -0.2) is 41.8 Å². The van der Waals surface area contributed by atoms with Gasteiger partial charge in [0.2, 0.25) is 5.97 Å². The lowest BCUT2D eigenvalue weighted by Crippen LogP contribution is -2.60. The fourth-order valence-corrected chi connectivity index (χ4v) is 2.41. The molecule has 0 saturated carbocycles. The monoisotopic (exact) mass is 492 g/mol. The van der Waals surface area contributed by atoms with E-state index in [2.05, 4.69) is 9.98 Å². The molecule has 178 valence electrons. The molecule has 1 heterocycles. The highest BCUT2D eigenvalue weighted by Crippen LogP contribution is 2.52. The Balaban J connectivity index is 3.12. The Morgan fingerprint density at radius 2 is 1.22 bits per heavy atom. The molecule has 32 heavy (non-hydrogen) atoms. The van der Waals surface area contributed by atoms with E-state index < -0.39 is 64.6 Å². The van der Waals surface area contributed by atoms with Gasteiger partial charge in [0.1, 0.15) is 5.71 Å². The summed E-state index contributed by atoms with van der Waals surface area (Å²) in [4.78, 5) is 5.14. The first kappa shape index (κ1) is 25.6. The van der Waals surface area contributed by atoms with Crippen molar-refractivity contribution in [3.8, 4) is 0 Å². The molecule has 0 bridgehead atoms. The van der Waals surface area contributed by atoms with Crippen molar-refractivity contribution in [1.82, 2.24) is 0 Å². The van der Waals surface area contributed by atoms with Crippen LogP contribution in [0.15, 0.2) is 39.6 Å². The quantitative estimate of drug-likeness (QED) is 0.387. The van der Waals surface area contributed by atoms with Crippen LogP contribution in [0.25, 0.3) is 0 Å².